The van der Waals surface area contributed by atoms with Gasteiger partial charge < -0.3 is 9.47 Å². The smallest absolute Gasteiger partial charge is 0.233 e. The molecule has 3 aromatic rings. The SMILES string of the molecule is COc1ccc(C)c2sc(N(CCN3CCOCC3)C(=O)Cc3ccc(C)cc3C)nc12. The highest BCUT2D eigenvalue weighted by Gasteiger charge is 2.23. The first kappa shape index (κ1) is 22.7. The Kier molecular flexibility index (Phi) is 7.08. The number of hydrogen-bond donors (Lipinski definition) is 0. The number of rotatable bonds is 7. The van der Waals surface area contributed by atoms with Gasteiger partial charge in [-0.25, -0.2) is 4.98 Å². The van der Waals surface area contributed by atoms with Gasteiger partial charge in [-0.05, 0) is 43.5 Å². The summed E-state index contributed by atoms with van der Waals surface area (Å²) in [5, 5.41) is 0.732. The topological polar surface area (TPSA) is 54.9 Å². The quantitative estimate of drug-likeness (QED) is 0.538. The van der Waals surface area contributed by atoms with Crippen LogP contribution in [-0.4, -0.2) is 62.3 Å². The van der Waals surface area contributed by atoms with Crippen LogP contribution in [0.1, 0.15) is 22.3 Å². The highest BCUT2D eigenvalue weighted by Crippen LogP contribution is 2.36. The normalized spacial score (nSPS) is 14.6. The monoisotopic (exact) mass is 453 g/mol. The van der Waals surface area contributed by atoms with E-state index in [9.17, 15) is 4.79 Å². The summed E-state index contributed by atoms with van der Waals surface area (Å²) in [5.41, 5.74) is 5.37. The van der Waals surface area contributed by atoms with E-state index >= 15 is 0 Å². The van der Waals surface area contributed by atoms with Crippen molar-refractivity contribution in [3.63, 3.8) is 0 Å². The second-order valence-electron chi connectivity index (χ2n) is 8.36. The average Bonchev–Trinajstić information content (AvgIpc) is 3.23. The van der Waals surface area contributed by atoms with Crippen molar-refractivity contribution in [3.8, 4) is 5.75 Å². The largest absolute Gasteiger partial charge is 0.494 e. The molecule has 7 heteroatoms. The van der Waals surface area contributed by atoms with Gasteiger partial charge in [-0.15, -0.1) is 0 Å². The van der Waals surface area contributed by atoms with E-state index in [1.165, 1.54) is 5.56 Å². The number of carbonyl (C=O) groups excluding carboxylic acids is 1. The molecule has 1 saturated heterocycles. The third-order valence-electron chi connectivity index (χ3n) is 6.03. The summed E-state index contributed by atoms with van der Waals surface area (Å²) in [4.78, 5) is 22.6. The van der Waals surface area contributed by atoms with Gasteiger partial charge in [-0.1, -0.05) is 41.2 Å². The number of morpholine rings is 1. The Hall–Kier alpha value is -2.48. The number of fused-ring (bicyclic) bond motifs is 1. The maximum absolute atomic E-state index is 13.6. The van der Waals surface area contributed by atoms with Crippen LogP contribution in [-0.2, 0) is 16.0 Å². The molecule has 1 aliphatic rings. The zero-order valence-corrected chi connectivity index (χ0v) is 20.1. The summed E-state index contributed by atoms with van der Waals surface area (Å²) >= 11 is 1.56. The van der Waals surface area contributed by atoms with Crippen LogP contribution in [0.2, 0.25) is 0 Å². The van der Waals surface area contributed by atoms with Gasteiger partial charge in [0.25, 0.3) is 0 Å². The molecule has 6 nitrogen and oxygen atoms in total. The number of benzene rings is 2. The first-order valence-corrected chi connectivity index (χ1v) is 11.9. The molecule has 0 radical (unpaired) electrons. The second-order valence-corrected chi connectivity index (χ2v) is 9.34. The Labute approximate surface area is 193 Å². The first-order chi connectivity index (χ1) is 15.5. The van der Waals surface area contributed by atoms with Crippen molar-refractivity contribution in [3.05, 3.63) is 52.6 Å². The van der Waals surface area contributed by atoms with Crippen LogP contribution in [0.25, 0.3) is 10.2 Å². The number of aromatic nitrogens is 1. The summed E-state index contributed by atoms with van der Waals surface area (Å²) in [5.74, 6) is 0.809. The number of hydrogen-bond acceptors (Lipinski definition) is 6. The molecule has 32 heavy (non-hydrogen) atoms. The van der Waals surface area contributed by atoms with Crippen molar-refractivity contribution in [1.82, 2.24) is 9.88 Å². The maximum atomic E-state index is 13.6. The van der Waals surface area contributed by atoms with E-state index in [0.717, 1.165) is 70.6 Å². The highest BCUT2D eigenvalue weighted by atomic mass is 32.1. The predicted octanol–water partition coefficient (Wildman–Crippen LogP) is 4.14. The zero-order valence-electron chi connectivity index (χ0n) is 19.3. The van der Waals surface area contributed by atoms with Crippen molar-refractivity contribution in [2.24, 2.45) is 0 Å². The molecule has 0 unspecified atom stereocenters. The van der Waals surface area contributed by atoms with Gasteiger partial charge in [0.1, 0.15) is 11.3 Å². The van der Waals surface area contributed by atoms with Gasteiger partial charge in [-0.3, -0.25) is 14.6 Å². The summed E-state index contributed by atoms with van der Waals surface area (Å²) < 4.78 is 12.1. The van der Waals surface area contributed by atoms with Crippen LogP contribution in [0.15, 0.2) is 30.3 Å². The molecular weight excluding hydrogens is 422 g/mol. The third kappa shape index (κ3) is 4.95. The second kappa shape index (κ2) is 9.98. The molecule has 1 aliphatic heterocycles. The molecule has 4 rings (SSSR count). The summed E-state index contributed by atoms with van der Waals surface area (Å²) in [6.45, 7) is 10.9. The Morgan fingerprint density at radius 2 is 1.94 bits per heavy atom. The van der Waals surface area contributed by atoms with Crippen molar-refractivity contribution in [1.29, 1.82) is 0 Å². The number of amides is 1. The highest BCUT2D eigenvalue weighted by molar-refractivity contribution is 7.22. The summed E-state index contributed by atoms with van der Waals surface area (Å²) in [6.07, 6.45) is 0.362. The van der Waals surface area contributed by atoms with Gasteiger partial charge in [0.15, 0.2) is 5.13 Å². The van der Waals surface area contributed by atoms with E-state index in [1.54, 1.807) is 18.4 Å². The molecule has 0 spiro atoms. The molecule has 0 aliphatic carbocycles. The predicted molar refractivity (Wildman–Crippen MR) is 130 cm³/mol. The molecule has 0 saturated carbocycles. The molecule has 0 bridgehead atoms. The molecule has 1 fully saturated rings. The molecular formula is C25H31N3O3S. The minimum atomic E-state index is 0.0703. The van der Waals surface area contributed by atoms with Gasteiger partial charge in [0.2, 0.25) is 5.91 Å². The Bertz CT molecular complexity index is 1110. The molecule has 1 amide bonds. The number of aryl methyl sites for hydroxylation is 3. The van der Waals surface area contributed by atoms with Crippen LogP contribution < -0.4 is 9.64 Å². The van der Waals surface area contributed by atoms with Gasteiger partial charge in [0.05, 0.1) is 31.4 Å². The average molecular weight is 454 g/mol. The van der Waals surface area contributed by atoms with Crippen LogP contribution in [0.5, 0.6) is 5.75 Å². The van der Waals surface area contributed by atoms with Crippen molar-refractivity contribution in [2.45, 2.75) is 27.2 Å². The minimum Gasteiger partial charge on any atom is -0.494 e. The van der Waals surface area contributed by atoms with Crippen LogP contribution in [0.3, 0.4) is 0 Å². The van der Waals surface area contributed by atoms with Crippen molar-refractivity contribution in [2.75, 3.05) is 51.4 Å². The Morgan fingerprint density at radius 3 is 2.66 bits per heavy atom. The Balaban J connectivity index is 1.64. The lowest BCUT2D eigenvalue weighted by molar-refractivity contribution is -0.118. The van der Waals surface area contributed by atoms with E-state index in [-0.39, 0.29) is 5.91 Å². The fourth-order valence-corrected chi connectivity index (χ4v) is 5.17. The molecule has 0 atom stereocenters. The number of nitrogens with zero attached hydrogens (tertiary/aromatic N) is 3. The summed E-state index contributed by atoms with van der Waals surface area (Å²) in [7, 11) is 1.66. The first-order valence-electron chi connectivity index (χ1n) is 11.1. The lowest BCUT2D eigenvalue weighted by atomic mass is 10.0. The molecule has 2 heterocycles. The minimum absolute atomic E-state index is 0.0703. The van der Waals surface area contributed by atoms with E-state index in [1.807, 2.05) is 17.0 Å². The van der Waals surface area contributed by atoms with E-state index < -0.39 is 0 Å². The lowest BCUT2D eigenvalue weighted by Crippen LogP contribution is -2.43. The number of methoxy groups -OCH3 is 1. The summed E-state index contributed by atoms with van der Waals surface area (Å²) in [6, 6.07) is 10.2. The molecule has 2 aromatic carbocycles. The van der Waals surface area contributed by atoms with Gasteiger partial charge in [-0.2, -0.15) is 0 Å². The Morgan fingerprint density at radius 1 is 1.16 bits per heavy atom. The van der Waals surface area contributed by atoms with Gasteiger partial charge >= 0.3 is 0 Å². The number of thiazole rings is 1. The number of ether oxygens (including phenoxy) is 2. The molecule has 1 aromatic heterocycles. The third-order valence-corrected chi connectivity index (χ3v) is 7.24. The van der Waals surface area contributed by atoms with Crippen molar-refractivity contribution >= 4 is 32.6 Å². The maximum Gasteiger partial charge on any atom is 0.233 e. The van der Waals surface area contributed by atoms with Crippen LogP contribution >= 0.6 is 11.3 Å². The van der Waals surface area contributed by atoms with E-state index in [0.29, 0.717) is 13.0 Å². The standard InChI is InChI=1S/C25H31N3O3S/c1-17-5-7-20(19(3)15-17)16-22(29)28(10-9-27-11-13-31-14-12-27)25-26-23-21(30-4)8-6-18(2)24(23)32-25/h5-8,15H,9-14,16H2,1-4H3. The van der Waals surface area contributed by atoms with Crippen LogP contribution in [0, 0.1) is 20.8 Å². The van der Waals surface area contributed by atoms with Crippen LogP contribution in [0.4, 0.5) is 5.13 Å². The number of anilines is 1. The van der Waals surface area contributed by atoms with E-state index in [4.69, 9.17) is 14.5 Å². The fourth-order valence-electron chi connectivity index (χ4n) is 4.07. The van der Waals surface area contributed by atoms with Gasteiger partial charge in [0, 0.05) is 26.2 Å². The molecule has 0 N–H and O–H groups in total. The number of carbonyl (C=O) groups is 1. The fraction of sp³-hybridized carbons (Fsp3) is 0.440. The molecule has 170 valence electrons. The van der Waals surface area contributed by atoms with Crippen molar-refractivity contribution < 1.29 is 14.3 Å². The lowest BCUT2D eigenvalue weighted by Gasteiger charge is -2.29. The zero-order chi connectivity index (χ0) is 22.7. The van der Waals surface area contributed by atoms with E-state index in [2.05, 4.69) is 43.9 Å².